The molecule has 2 N–H and O–H groups in total. The number of fused-ring (bicyclic) bond motifs is 2. The number of nitrogens with zero attached hydrogens (tertiary/aromatic N) is 3. The molecule has 0 radical (unpaired) electrons. The summed E-state index contributed by atoms with van der Waals surface area (Å²) < 4.78 is 30.1. The Bertz CT molecular complexity index is 1680. The number of sulfone groups is 1. The summed E-state index contributed by atoms with van der Waals surface area (Å²) in [6.07, 6.45) is 1.63. The predicted octanol–water partition coefficient (Wildman–Crippen LogP) is 2.91. The van der Waals surface area contributed by atoms with Crippen molar-refractivity contribution in [2.45, 2.75) is 23.3 Å². The van der Waals surface area contributed by atoms with Crippen molar-refractivity contribution in [2.24, 2.45) is 0 Å². The van der Waals surface area contributed by atoms with Crippen LogP contribution in [0.2, 0.25) is 0 Å². The number of rotatable bonds is 4. The number of hydrogen-bond donors (Lipinski definition) is 1. The van der Waals surface area contributed by atoms with Gasteiger partial charge < -0.3 is 5.73 Å². The van der Waals surface area contributed by atoms with Gasteiger partial charge >= 0.3 is 0 Å². The summed E-state index contributed by atoms with van der Waals surface area (Å²) in [5.74, 6) is 0.0278. The fourth-order valence-electron chi connectivity index (χ4n) is 3.95. The zero-order valence-corrected chi connectivity index (χ0v) is 18.7. The maximum Gasteiger partial charge on any atom is 0.278 e. The second-order valence-electron chi connectivity index (χ2n) is 7.82. The lowest BCUT2D eigenvalue weighted by Crippen LogP contribution is -2.42. The van der Waals surface area contributed by atoms with Crippen LogP contribution in [0.5, 0.6) is 0 Å². The van der Waals surface area contributed by atoms with Crippen molar-refractivity contribution in [1.82, 2.24) is 9.38 Å². The van der Waals surface area contributed by atoms with Gasteiger partial charge in [0.05, 0.1) is 11.4 Å². The average Bonchev–Trinajstić information content (AvgIpc) is 2.83. The Morgan fingerprint density at radius 3 is 2.33 bits per heavy atom. The molecular formula is C25H21N4O3S+. The minimum atomic E-state index is -3.98. The van der Waals surface area contributed by atoms with E-state index in [1.807, 2.05) is 43.3 Å². The molecule has 0 amide bonds. The van der Waals surface area contributed by atoms with E-state index >= 15 is 0 Å². The van der Waals surface area contributed by atoms with Gasteiger partial charge in [-0.3, -0.25) is 9.20 Å². The number of pyridine rings is 2. The topological polar surface area (TPSA) is 98.4 Å². The Balaban J connectivity index is 1.90. The van der Waals surface area contributed by atoms with Gasteiger partial charge in [-0.25, -0.2) is 13.0 Å². The molecule has 2 aromatic carbocycles. The Hall–Kier alpha value is -4.04. The standard InChI is InChI=1S/C25H20N4O3S/c1-17-9-8-14-28-23(17)27-24-20(25(28)30)15-21(33(31,32)19-12-6-3-7-13-19)22(26)29(24)16-18-10-4-2-5-11-18/h2-15,26H,16H2,1H3/p+1. The highest BCUT2D eigenvalue weighted by molar-refractivity contribution is 7.91. The summed E-state index contributed by atoms with van der Waals surface area (Å²) in [5.41, 5.74) is 8.68. The van der Waals surface area contributed by atoms with Gasteiger partial charge in [0, 0.05) is 11.8 Å². The van der Waals surface area contributed by atoms with Crippen molar-refractivity contribution in [3.05, 3.63) is 107 Å². The van der Waals surface area contributed by atoms with Crippen molar-refractivity contribution < 1.29 is 13.0 Å². The van der Waals surface area contributed by atoms with Gasteiger partial charge in [0.1, 0.15) is 10.3 Å². The van der Waals surface area contributed by atoms with Gasteiger partial charge in [0.15, 0.2) is 0 Å². The molecule has 0 saturated carbocycles. The van der Waals surface area contributed by atoms with Gasteiger partial charge in [-0.05, 0) is 36.8 Å². The van der Waals surface area contributed by atoms with Crippen LogP contribution in [-0.2, 0) is 16.4 Å². The Morgan fingerprint density at radius 2 is 1.64 bits per heavy atom. The zero-order valence-electron chi connectivity index (χ0n) is 17.8. The van der Waals surface area contributed by atoms with Crippen LogP contribution in [0.4, 0.5) is 5.82 Å². The number of aryl methyl sites for hydroxylation is 1. The first kappa shape index (κ1) is 20.8. The first-order valence-electron chi connectivity index (χ1n) is 10.4. The molecule has 0 fully saturated rings. The van der Waals surface area contributed by atoms with Gasteiger partial charge in [-0.2, -0.15) is 0 Å². The summed E-state index contributed by atoms with van der Waals surface area (Å²) in [6, 6.07) is 22.5. The molecule has 0 bridgehead atoms. The summed E-state index contributed by atoms with van der Waals surface area (Å²) >= 11 is 0. The molecule has 0 unspecified atom stereocenters. The van der Waals surface area contributed by atoms with Gasteiger partial charge in [-0.1, -0.05) is 59.6 Å². The van der Waals surface area contributed by atoms with Gasteiger partial charge in [0.25, 0.3) is 11.2 Å². The molecule has 0 atom stereocenters. The highest BCUT2D eigenvalue weighted by atomic mass is 32.2. The number of anilines is 1. The van der Waals surface area contributed by atoms with E-state index in [2.05, 4.69) is 0 Å². The molecule has 0 saturated heterocycles. The van der Waals surface area contributed by atoms with Crippen molar-refractivity contribution in [3.63, 3.8) is 0 Å². The van der Waals surface area contributed by atoms with E-state index in [-0.39, 0.29) is 33.1 Å². The van der Waals surface area contributed by atoms with Crippen LogP contribution in [0, 0.1) is 6.92 Å². The first-order valence-corrected chi connectivity index (χ1v) is 11.8. The molecule has 5 aromatic rings. The lowest BCUT2D eigenvalue weighted by Gasteiger charge is -2.13. The molecule has 5 rings (SSSR count). The van der Waals surface area contributed by atoms with Crippen molar-refractivity contribution in [2.75, 3.05) is 5.73 Å². The lowest BCUT2D eigenvalue weighted by molar-refractivity contribution is -0.651. The van der Waals surface area contributed by atoms with E-state index in [1.165, 1.54) is 22.6 Å². The highest BCUT2D eigenvalue weighted by Crippen LogP contribution is 2.26. The fraction of sp³-hybridized carbons (Fsp3) is 0.0800. The number of nitrogens with two attached hydrogens (primary N) is 1. The van der Waals surface area contributed by atoms with Crippen molar-refractivity contribution >= 4 is 32.3 Å². The van der Waals surface area contributed by atoms with E-state index in [9.17, 15) is 13.2 Å². The third-order valence-corrected chi connectivity index (χ3v) is 7.46. The Morgan fingerprint density at radius 1 is 0.970 bits per heavy atom. The normalized spacial score (nSPS) is 11.8. The average molecular weight is 458 g/mol. The van der Waals surface area contributed by atoms with Crippen LogP contribution < -0.4 is 15.9 Å². The highest BCUT2D eigenvalue weighted by Gasteiger charge is 2.29. The maximum absolute atomic E-state index is 13.5. The van der Waals surface area contributed by atoms with E-state index in [0.29, 0.717) is 11.3 Å². The SMILES string of the molecule is Cc1cccn2c(=O)c3cc(S(=O)(=O)c4ccccc4)c(N)[n+](Cc4ccccc4)c3nc12. The Kier molecular flexibility index (Phi) is 4.94. The number of nitrogen functional groups attached to an aromatic ring is 1. The molecule has 0 aliphatic rings. The minimum absolute atomic E-state index is 0.0278. The summed E-state index contributed by atoms with van der Waals surface area (Å²) in [6.45, 7) is 2.13. The van der Waals surface area contributed by atoms with E-state index < -0.39 is 9.84 Å². The molecule has 164 valence electrons. The third kappa shape index (κ3) is 3.44. The second kappa shape index (κ2) is 7.83. The molecule has 0 aliphatic carbocycles. The number of hydrogen-bond acceptors (Lipinski definition) is 5. The van der Waals surface area contributed by atoms with Crippen LogP contribution >= 0.6 is 0 Å². The van der Waals surface area contributed by atoms with Crippen LogP contribution in [0.3, 0.4) is 0 Å². The molecule has 0 spiro atoms. The largest absolute Gasteiger partial charge is 0.317 e. The van der Waals surface area contributed by atoms with E-state index in [1.54, 1.807) is 35.0 Å². The summed E-state index contributed by atoms with van der Waals surface area (Å²) in [5, 5.41) is 0.178. The smallest absolute Gasteiger partial charge is 0.278 e. The molecule has 8 heteroatoms. The fourth-order valence-corrected chi connectivity index (χ4v) is 5.38. The molecular weight excluding hydrogens is 436 g/mol. The molecule has 3 heterocycles. The van der Waals surface area contributed by atoms with Crippen LogP contribution in [0.1, 0.15) is 11.1 Å². The van der Waals surface area contributed by atoms with Crippen LogP contribution in [0.15, 0.2) is 99.6 Å². The Labute approximate surface area is 190 Å². The maximum atomic E-state index is 13.5. The van der Waals surface area contributed by atoms with Gasteiger partial charge in [-0.15, -0.1) is 0 Å². The summed E-state index contributed by atoms with van der Waals surface area (Å²) in [7, 11) is -3.98. The number of benzene rings is 2. The van der Waals surface area contributed by atoms with Crippen molar-refractivity contribution in [1.29, 1.82) is 0 Å². The minimum Gasteiger partial charge on any atom is -0.317 e. The third-order valence-electron chi connectivity index (χ3n) is 5.67. The van der Waals surface area contributed by atoms with Crippen LogP contribution in [0.25, 0.3) is 16.7 Å². The lowest BCUT2D eigenvalue weighted by atomic mass is 10.2. The first-order chi connectivity index (χ1) is 15.9. The zero-order chi connectivity index (χ0) is 23.2. The second-order valence-corrected chi connectivity index (χ2v) is 9.74. The quantitative estimate of drug-likeness (QED) is 0.331. The van der Waals surface area contributed by atoms with Gasteiger partial charge in [0.2, 0.25) is 21.3 Å². The molecule has 3 aromatic heterocycles. The van der Waals surface area contributed by atoms with E-state index in [0.717, 1.165) is 11.1 Å². The number of aromatic nitrogens is 3. The van der Waals surface area contributed by atoms with Crippen molar-refractivity contribution in [3.8, 4) is 0 Å². The predicted molar refractivity (Wildman–Crippen MR) is 126 cm³/mol. The van der Waals surface area contributed by atoms with Crippen LogP contribution in [-0.4, -0.2) is 17.8 Å². The molecule has 33 heavy (non-hydrogen) atoms. The monoisotopic (exact) mass is 457 g/mol. The summed E-state index contributed by atoms with van der Waals surface area (Å²) in [4.78, 5) is 18.2. The van der Waals surface area contributed by atoms with E-state index in [4.69, 9.17) is 10.7 Å². The molecule has 0 aliphatic heterocycles. The molecule has 7 nitrogen and oxygen atoms in total.